The van der Waals surface area contributed by atoms with Gasteiger partial charge in [-0.2, -0.15) is 5.26 Å². The third kappa shape index (κ3) is 4.19. The van der Waals surface area contributed by atoms with Crippen molar-refractivity contribution in [1.29, 1.82) is 5.26 Å². The lowest BCUT2D eigenvalue weighted by Gasteiger charge is -2.12. The number of aliphatic hydroxyl groups is 1. The van der Waals surface area contributed by atoms with Crippen LogP contribution in [0.2, 0.25) is 0 Å². The number of hydrogen-bond donors (Lipinski definition) is 2. The number of aromatic nitrogens is 1. The zero-order chi connectivity index (χ0) is 20.3. The van der Waals surface area contributed by atoms with E-state index in [-0.39, 0.29) is 10.7 Å². The van der Waals surface area contributed by atoms with Gasteiger partial charge in [-0.25, -0.2) is 13.4 Å². The van der Waals surface area contributed by atoms with Crippen LogP contribution in [0.5, 0.6) is 0 Å². The van der Waals surface area contributed by atoms with Crippen molar-refractivity contribution in [2.75, 3.05) is 4.72 Å². The van der Waals surface area contributed by atoms with Gasteiger partial charge in [0.25, 0.3) is 10.0 Å². The summed E-state index contributed by atoms with van der Waals surface area (Å²) < 4.78 is 28.0. The molecule has 1 aromatic heterocycles. The number of hydrogen-bond acceptors (Lipinski definition) is 5. The van der Waals surface area contributed by atoms with E-state index < -0.39 is 16.1 Å². The first kappa shape index (κ1) is 19.5. The number of aliphatic hydroxyl groups excluding tert-OH is 1. The number of nitrogens with zero attached hydrogens (tertiary/aromatic N) is 2. The molecule has 0 aliphatic carbocycles. The average Bonchev–Trinajstić information content (AvgIpc) is 2.67. The summed E-state index contributed by atoms with van der Waals surface area (Å²) in [5, 5.41) is 18.5. The summed E-state index contributed by atoms with van der Waals surface area (Å²) in [6, 6.07) is 19.0. The summed E-state index contributed by atoms with van der Waals surface area (Å²) in [5.41, 5.74) is 3.28. The highest BCUT2D eigenvalue weighted by atomic mass is 32.2. The van der Waals surface area contributed by atoms with E-state index in [0.29, 0.717) is 16.8 Å². The number of pyridine rings is 1. The molecule has 1 heterocycles. The molecular formula is C21H19N3O3S. The fourth-order valence-corrected chi connectivity index (χ4v) is 4.03. The number of benzene rings is 2. The van der Waals surface area contributed by atoms with Gasteiger partial charge in [0, 0.05) is 0 Å². The van der Waals surface area contributed by atoms with Crippen LogP contribution in [-0.4, -0.2) is 18.5 Å². The topological polar surface area (TPSA) is 103 Å². The second-order valence-electron chi connectivity index (χ2n) is 6.40. The van der Waals surface area contributed by atoms with E-state index in [1.165, 1.54) is 6.07 Å². The molecule has 0 spiro atoms. The van der Waals surface area contributed by atoms with Crippen LogP contribution in [0.1, 0.15) is 29.8 Å². The van der Waals surface area contributed by atoms with Crippen molar-refractivity contribution in [3.63, 3.8) is 0 Å². The van der Waals surface area contributed by atoms with Crippen molar-refractivity contribution in [1.82, 2.24) is 4.98 Å². The highest BCUT2D eigenvalue weighted by Gasteiger charge is 2.18. The third-order valence-electron chi connectivity index (χ3n) is 4.25. The lowest BCUT2D eigenvalue weighted by molar-refractivity contribution is 0.194. The first-order valence-electron chi connectivity index (χ1n) is 8.59. The zero-order valence-electron chi connectivity index (χ0n) is 15.4. The molecule has 3 rings (SSSR count). The maximum absolute atomic E-state index is 12.8. The monoisotopic (exact) mass is 393 g/mol. The molecule has 3 aromatic rings. The number of nitriles is 1. The minimum atomic E-state index is -3.83. The summed E-state index contributed by atoms with van der Waals surface area (Å²) in [6.45, 7) is 3.29. The Labute approximate surface area is 164 Å². The van der Waals surface area contributed by atoms with Crippen molar-refractivity contribution < 1.29 is 13.5 Å². The Bertz CT molecular complexity index is 1150. The Morgan fingerprint density at radius 2 is 1.75 bits per heavy atom. The summed E-state index contributed by atoms with van der Waals surface area (Å²) in [4.78, 5) is 4.27. The Kier molecular flexibility index (Phi) is 5.45. The van der Waals surface area contributed by atoms with Crippen LogP contribution in [0.4, 0.5) is 5.82 Å². The molecule has 0 amide bonds. The Balaban J connectivity index is 1.90. The van der Waals surface area contributed by atoms with Gasteiger partial charge >= 0.3 is 0 Å². The van der Waals surface area contributed by atoms with Crippen LogP contribution in [-0.2, 0) is 10.0 Å². The summed E-state index contributed by atoms with van der Waals surface area (Å²) in [6.07, 6.45) is -0.794. The zero-order valence-corrected chi connectivity index (χ0v) is 16.2. The largest absolute Gasteiger partial charge is 0.387 e. The predicted molar refractivity (Wildman–Crippen MR) is 107 cm³/mol. The van der Waals surface area contributed by atoms with Crippen LogP contribution in [0.3, 0.4) is 0 Å². The van der Waals surface area contributed by atoms with E-state index in [1.54, 1.807) is 56.3 Å². The minimum absolute atomic E-state index is 0.147. The van der Waals surface area contributed by atoms with Gasteiger partial charge in [-0.3, -0.25) is 4.72 Å². The molecule has 28 heavy (non-hydrogen) atoms. The minimum Gasteiger partial charge on any atom is -0.387 e. The number of sulfonamides is 1. The van der Waals surface area contributed by atoms with Gasteiger partial charge in [0.15, 0.2) is 0 Å². The predicted octanol–water partition coefficient (Wildman–Crippen LogP) is 3.78. The van der Waals surface area contributed by atoms with Gasteiger partial charge in [-0.05, 0) is 60.9 Å². The lowest BCUT2D eigenvalue weighted by Crippen LogP contribution is -2.15. The normalized spacial score (nSPS) is 12.2. The molecule has 0 saturated heterocycles. The highest BCUT2D eigenvalue weighted by Crippen LogP contribution is 2.26. The van der Waals surface area contributed by atoms with Crippen LogP contribution in [0.15, 0.2) is 65.6 Å². The molecule has 0 aliphatic rings. The maximum Gasteiger partial charge on any atom is 0.263 e. The average molecular weight is 393 g/mol. The SMILES string of the molecule is Cc1cc(-c2ccc(C#N)cc2)ccc1S(=O)(=O)Nc1cccc([C@@H](C)O)n1. The number of rotatable bonds is 5. The lowest BCUT2D eigenvalue weighted by atomic mass is 10.0. The summed E-state index contributed by atoms with van der Waals surface area (Å²) in [5.74, 6) is 0.147. The van der Waals surface area contributed by atoms with Gasteiger partial charge in [0.1, 0.15) is 5.82 Å². The van der Waals surface area contributed by atoms with E-state index in [4.69, 9.17) is 5.26 Å². The molecule has 1 atom stereocenters. The van der Waals surface area contributed by atoms with Gasteiger partial charge in [-0.1, -0.05) is 30.3 Å². The van der Waals surface area contributed by atoms with Crippen molar-refractivity contribution in [3.8, 4) is 17.2 Å². The summed E-state index contributed by atoms with van der Waals surface area (Å²) >= 11 is 0. The second kappa shape index (κ2) is 7.80. The Hall–Kier alpha value is -3.21. The van der Waals surface area contributed by atoms with Crippen molar-refractivity contribution in [2.24, 2.45) is 0 Å². The molecule has 0 fully saturated rings. The molecule has 0 aliphatic heterocycles. The first-order valence-corrected chi connectivity index (χ1v) is 10.1. The van der Waals surface area contributed by atoms with E-state index in [0.717, 1.165) is 11.1 Å². The van der Waals surface area contributed by atoms with E-state index >= 15 is 0 Å². The molecule has 2 aromatic carbocycles. The fraction of sp³-hybridized carbons (Fsp3) is 0.143. The van der Waals surface area contributed by atoms with Gasteiger partial charge < -0.3 is 5.11 Å². The molecule has 142 valence electrons. The maximum atomic E-state index is 12.8. The van der Waals surface area contributed by atoms with Crippen LogP contribution in [0.25, 0.3) is 11.1 Å². The number of aryl methyl sites for hydroxylation is 1. The van der Waals surface area contributed by atoms with E-state index in [1.807, 2.05) is 12.1 Å². The molecule has 7 heteroatoms. The molecule has 2 N–H and O–H groups in total. The quantitative estimate of drug-likeness (QED) is 0.687. The smallest absolute Gasteiger partial charge is 0.263 e. The molecule has 0 unspecified atom stereocenters. The van der Waals surface area contributed by atoms with Crippen molar-refractivity contribution in [3.05, 3.63) is 77.5 Å². The number of anilines is 1. The van der Waals surface area contributed by atoms with Crippen LogP contribution < -0.4 is 4.72 Å². The van der Waals surface area contributed by atoms with Crippen LogP contribution >= 0.6 is 0 Å². The number of nitrogens with one attached hydrogen (secondary N) is 1. The second-order valence-corrected chi connectivity index (χ2v) is 8.05. The third-order valence-corrected chi connectivity index (χ3v) is 5.76. The van der Waals surface area contributed by atoms with Gasteiger partial charge in [-0.15, -0.1) is 0 Å². The van der Waals surface area contributed by atoms with Crippen LogP contribution in [0, 0.1) is 18.3 Å². The van der Waals surface area contributed by atoms with Gasteiger partial charge in [0.2, 0.25) is 0 Å². The van der Waals surface area contributed by atoms with Crippen molar-refractivity contribution in [2.45, 2.75) is 24.8 Å². The fourth-order valence-electron chi connectivity index (χ4n) is 2.80. The molecule has 0 bridgehead atoms. The first-order chi connectivity index (χ1) is 13.3. The Morgan fingerprint density at radius 1 is 1.07 bits per heavy atom. The van der Waals surface area contributed by atoms with Gasteiger partial charge in [0.05, 0.1) is 28.3 Å². The van der Waals surface area contributed by atoms with E-state index in [9.17, 15) is 13.5 Å². The van der Waals surface area contributed by atoms with Crippen molar-refractivity contribution >= 4 is 15.8 Å². The molecule has 6 nitrogen and oxygen atoms in total. The molecule has 0 radical (unpaired) electrons. The standard InChI is InChI=1S/C21H19N3O3S/c1-14-12-18(17-8-6-16(13-22)7-9-17)10-11-20(14)28(26,27)24-21-5-3-4-19(23-21)15(2)25/h3-12,15,25H,1-2H3,(H,23,24)/t15-/m1/s1. The molecule has 0 saturated carbocycles. The molecular weight excluding hydrogens is 374 g/mol. The van der Waals surface area contributed by atoms with E-state index in [2.05, 4.69) is 15.8 Å². The Morgan fingerprint density at radius 3 is 2.36 bits per heavy atom. The highest BCUT2D eigenvalue weighted by molar-refractivity contribution is 7.92. The summed E-state index contributed by atoms with van der Waals surface area (Å²) in [7, 11) is -3.83.